The highest BCUT2D eigenvalue weighted by Crippen LogP contribution is 2.32. The lowest BCUT2D eigenvalue weighted by Gasteiger charge is -2.22. The third-order valence-corrected chi connectivity index (χ3v) is 4.64. The minimum atomic E-state index is -0.440. The second-order valence-electron chi connectivity index (χ2n) is 7.38. The Morgan fingerprint density at radius 3 is 2.42 bits per heavy atom. The fourth-order valence-electron chi connectivity index (χ4n) is 3.05. The van der Waals surface area contributed by atoms with E-state index in [-0.39, 0.29) is 5.41 Å². The van der Waals surface area contributed by atoms with Crippen LogP contribution in [0.2, 0.25) is 0 Å². The second kappa shape index (κ2) is 6.65. The molecule has 0 bridgehead atoms. The topological polar surface area (TPSA) is 44.1 Å². The molecule has 0 saturated carbocycles. The maximum Gasteiger partial charge on any atom is 0.330 e. The Balaban J connectivity index is 2.46. The van der Waals surface area contributed by atoms with Crippen LogP contribution in [-0.4, -0.2) is 15.7 Å². The molecule has 1 heterocycles. The van der Waals surface area contributed by atoms with Gasteiger partial charge in [-0.2, -0.15) is 0 Å². The van der Waals surface area contributed by atoms with E-state index in [0.29, 0.717) is 10.5 Å². The normalized spacial score (nSPS) is 11.6. The molecular weight excluding hydrogens is 344 g/mol. The average molecular weight is 366 g/mol. The number of fused-ring (bicyclic) bond motifs is 1. The molecule has 3 rings (SSSR count). The summed E-state index contributed by atoms with van der Waals surface area (Å²) in [6.45, 7) is 9.74. The van der Waals surface area contributed by atoms with Crippen LogP contribution < -0.4 is 4.84 Å². The SMILES string of the molecule is CC(=O)On1c(-c2ccccc2C)nc2cccc(C(C)(C)C)c2c1=S. The summed E-state index contributed by atoms with van der Waals surface area (Å²) < 4.78 is 1.84. The van der Waals surface area contributed by atoms with Crippen molar-refractivity contribution in [3.63, 3.8) is 0 Å². The van der Waals surface area contributed by atoms with Crippen molar-refractivity contribution in [1.82, 2.24) is 9.71 Å². The van der Waals surface area contributed by atoms with Gasteiger partial charge >= 0.3 is 5.97 Å². The molecule has 0 aliphatic carbocycles. The van der Waals surface area contributed by atoms with Crippen molar-refractivity contribution in [3.05, 3.63) is 58.2 Å². The highest BCUT2D eigenvalue weighted by Gasteiger charge is 2.22. The molecule has 4 nitrogen and oxygen atoms in total. The van der Waals surface area contributed by atoms with Crippen LogP contribution in [0.5, 0.6) is 0 Å². The van der Waals surface area contributed by atoms with E-state index in [1.54, 1.807) is 0 Å². The maximum atomic E-state index is 11.7. The van der Waals surface area contributed by atoms with Crippen molar-refractivity contribution in [3.8, 4) is 11.4 Å². The molecule has 2 aromatic carbocycles. The van der Waals surface area contributed by atoms with Crippen LogP contribution in [-0.2, 0) is 10.2 Å². The molecule has 0 radical (unpaired) electrons. The molecule has 0 N–H and O–H groups in total. The average Bonchev–Trinajstić information content (AvgIpc) is 2.56. The highest BCUT2D eigenvalue weighted by molar-refractivity contribution is 7.71. The molecule has 0 spiro atoms. The van der Waals surface area contributed by atoms with Crippen LogP contribution in [0.25, 0.3) is 22.3 Å². The summed E-state index contributed by atoms with van der Waals surface area (Å²) in [6.07, 6.45) is 0. The van der Waals surface area contributed by atoms with E-state index in [1.807, 2.05) is 49.4 Å². The van der Waals surface area contributed by atoms with E-state index in [1.165, 1.54) is 11.7 Å². The molecule has 134 valence electrons. The largest absolute Gasteiger partial charge is 0.334 e. The number of rotatable bonds is 2. The molecular formula is C21H22N2O2S. The molecule has 0 atom stereocenters. The fraction of sp³-hybridized carbons (Fsp3) is 0.286. The third kappa shape index (κ3) is 3.27. The van der Waals surface area contributed by atoms with Crippen LogP contribution in [0.4, 0.5) is 0 Å². The lowest BCUT2D eigenvalue weighted by atomic mass is 9.85. The summed E-state index contributed by atoms with van der Waals surface area (Å²) in [5.74, 6) is 0.0900. The maximum absolute atomic E-state index is 11.7. The molecule has 0 unspecified atom stereocenters. The zero-order valence-electron chi connectivity index (χ0n) is 15.7. The number of nitrogens with zero attached hydrogens (tertiary/aromatic N) is 2. The Labute approximate surface area is 158 Å². The lowest BCUT2D eigenvalue weighted by molar-refractivity contribution is -0.141. The van der Waals surface area contributed by atoms with Crippen LogP contribution in [0, 0.1) is 11.6 Å². The van der Waals surface area contributed by atoms with Crippen LogP contribution in [0.15, 0.2) is 42.5 Å². The van der Waals surface area contributed by atoms with E-state index < -0.39 is 5.97 Å². The Morgan fingerprint density at radius 2 is 1.81 bits per heavy atom. The first kappa shape index (κ1) is 18.3. The number of benzene rings is 2. The van der Waals surface area contributed by atoms with Gasteiger partial charge in [-0.15, -0.1) is 4.73 Å². The monoisotopic (exact) mass is 366 g/mol. The molecule has 3 aromatic rings. The summed E-state index contributed by atoms with van der Waals surface area (Å²) in [6, 6.07) is 13.8. The van der Waals surface area contributed by atoms with Crippen molar-refractivity contribution in [2.75, 3.05) is 0 Å². The lowest BCUT2D eigenvalue weighted by Crippen LogP contribution is -2.22. The number of aryl methyl sites for hydroxylation is 1. The highest BCUT2D eigenvalue weighted by atomic mass is 32.1. The standard InChI is InChI=1S/C21H22N2O2S/c1-13-9-6-7-10-15(13)19-22-17-12-8-11-16(21(3,4)5)18(17)20(26)23(19)25-14(2)24/h6-12H,1-5H3. The van der Waals surface area contributed by atoms with Crippen molar-refractivity contribution in [1.29, 1.82) is 0 Å². The third-order valence-electron chi connectivity index (χ3n) is 4.27. The number of hydrogen-bond donors (Lipinski definition) is 0. The predicted octanol–water partition coefficient (Wildman–Crippen LogP) is 5.01. The Bertz CT molecular complexity index is 1060. The van der Waals surface area contributed by atoms with Gasteiger partial charge in [-0.1, -0.05) is 69.4 Å². The van der Waals surface area contributed by atoms with Crippen molar-refractivity contribution in [2.45, 2.75) is 40.0 Å². The summed E-state index contributed by atoms with van der Waals surface area (Å²) in [5, 5.41) is 0.841. The van der Waals surface area contributed by atoms with Crippen LogP contribution in [0.3, 0.4) is 0 Å². The quantitative estimate of drug-likeness (QED) is 0.598. The van der Waals surface area contributed by atoms with Gasteiger partial charge in [0, 0.05) is 17.9 Å². The first-order valence-electron chi connectivity index (χ1n) is 8.51. The van der Waals surface area contributed by atoms with E-state index in [9.17, 15) is 4.79 Å². The minimum Gasteiger partial charge on any atom is -0.334 e. The van der Waals surface area contributed by atoms with Gasteiger partial charge in [0.15, 0.2) is 10.5 Å². The van der Waals surface area contributed by atoms with Gasteiger partial charge in [-0.25, -0.2) is 9.78 Å². The van der Waals surface area contributed by atoms with E-state index in [4.69, 9.17) is 22.0 Å². The van der Waals surface area contributed by atoms with Crippen LogP contribution >= 0.6 is 12.2 Å². The molecule has 0 aliphatic rings. The summed E-state index contributed by atoms with van der Waals surface area (Å²) in [4.78, 5) is 22.0. The first-order chi connectivity index (χ1) is 12.2. The number of carbonyl (C=O) groups excluding carboxylic acids is 1. The van der Waals surface area contributed by atoms with E-state index in [0.717, 1.165) is 27.6 Å². The van der Waals surface area contributed by atoms with Crippen molar-refractivity contribution >= 4 is 29.1 Å². The van der Waals surface area contributed by atoms with Gasteiger partial charge in [0.05, 0.1) is 5.52 Å². The van der Waals surface area contributed by atoms with Gasteiger partial charge in [-0.3, -0.25) is 0 Å². The smallest absolute Gasteiger partial charge is 0.330 e. The molecule has 1 aromatic heterocycles. The summed E-state index contributed by atoms with van der Waals surface area (Å²) in [5.41, 5.74) is 3.66. The molecule has 0 amide bonds. The molecule has 0 fully saturated rings. The van der Waals surface area contributed by atoms with Crippen LogP contribution in [0.1, 0.15) is 38.8 Å². The number of carbonyl (C=O) groups is 1. The molecule has 0 saturated heterocycles. The number of hydrogen-bond acceptors (Lipinski definition) is 4. The van der Waals surface area contributed by atoms with Gasteiger partial charge in [0.1, 0.15) is 0 Å². The Hall–Kier alpha value is -2.53. The second-order valence-corrected chi connectivity index (χ2v) is 7.77. The van der Waals surface area contributed by atoms with E-state index >= 15 is 0 Å². The fourth-order valence-corrected chi connectivity index (χ4v) is 3.39. The summed E-state index contributed by atoms with van der Waals surface area (Å²) in [7, 11) is 0. The van der Waals surface area contributed by atoms with Crippen molar-refractivity contribution < 1.29 is 9.63 Å². The first-order valence-corrected chi connectivity index (χ1v) is 8.92. The molecule has 26 heavy (non-hydrogen) atoms. The summed E-state index contributed by atoms with van der Waals surface area (Å²) >= 11 is 5.74. The van der Waals surface area contributed by atoms with Gasteiger partial charge in [0.25, 0.3) is 0 Å². The minimum absolute atomic E-state index is 0.118. The van der Waals surface area contributed by atoms with Gasteiger partial charge < -0.3 is 4.84 Å². The van der Waals surface area contributed by atoms with E-state index in [2.05, 4.69) is 20.8 Å². The number of aromatic nitrogens is 2. The van der Waals surface area contributed by atoms with Gasteiger partial charge in [0.2, 0.25) is 0 Å². The van der Waals surface area contributed by atoms with Gasteiger partial charge in [-0.05, 0) is 29.5 Å². The molecule has 5 heteroatoms. The zero-order valence-corrected chi connectivity index (χ0v) is 16.5. The Morgan fingerprint density at radius 1 is 1.12 bits per heavy atom. The molecule has 0 aliphatic heterocycles. The Kier molecular flexibility index (Phi) is 4.67. The zero-order chi connectivity index (χ0) is 19.1. The predicted molar refractivity (Wildman–Crippen MR) is 107 cm³/mol. The van der Waals surface area contributed by atoms with Crippen molar-refractivity contribution in [2.24, 2.45) is 0 Å².